The van der Waals surface area contributed by atoms with Crippen molar-refractivity contribution in [2.75, 3.05) is 6.54 Å². The van der Waals surface area contributed by atoms with Gasteiger partial charge < -0.3 is 20.1 Å². The van der Waals surface area contributed by atoms with Crippen molar-refractivity contribution in [2.24, 2.45) is 11.8 Å². The Morgan fingerprint density at radius 1 is 1.00 bits per heavy atom. The van der Waals surface area contributed by atoms with E-state index in [4.69, 9.17) is 9.47 Å². The number of carbonyl (C=O) groups is 2. The zero-order chi connectivity index (χ0) is 22.7. The van der Waals surface area contributed by atoms with Crippen LogP contribution < -0.4 is 10.6 Å². The Bertz CT molecular complexity index is 638. The first kappa shape index (κ1) is 26.0. The summed E-state index contributed by atoms with van der Waals surface area (Å²) in [6.07, 6.45) is 1.10. The van der Waals surface area contributed by atoms with E-state index in [-0.39, 0.29) is 24.7 Å². The SMILES string of the molecule is CC(C)C[C@@H](C[NH2+][C@@H](CC(C)C)C(=O)OCc1ccccc1)NC(=O)OC(C)(C)C. The molecule has 1 aromatic rings. The van der Waals surface area contributed by atoms with Crippen LogP contribution in [0, 0.1) is 11.8 Å². The molecule has 6 nitrogen and oxygen atoms in total. The summed E-state index contributed by atoms with van der Waals surface area (Å²) < 4.78 is 11.0. The number of quaternary nitrogens is 1. The number of benzene rings is 1. The highest BCUT2D eigenvalue weighted by atomic mass is 16.6. The molecule has 0 bridgehead atoms. The minimum absolute atomic E-state index is 0.0866. The predicted octanol–water partition coefficient (Wildman–Crippen LogP) is 3.65. The third kappa shape index (κ3) is 11.8. The molecule has 1 aromatic carbocycles. The predicted molar refractivity (Wildman–Crippen MR) is 119 cm³/mol. The zero-order valence-corrected chi connectivity index (χ0v) is 19.7. The summed E-state index contributed by atoms with van der Waals surface area (Å²) in [5.41, 5.74) is 0.427. The monoisotopic (exact) mass is 421 g/mol. The van der Waals surface area contributed by atoms with Gasteiger partial charge in [-0.2, -0.15) is 0 Å². The number of nitrogens with two attached hydrogens (primary N) is 1. The highest BCUT2D eigenvalue weighted by molar-refractivity contribution is 5.74. The van der Waals surface area contributed by atoms with Crippen LogP contribution in [0.25, 0.3) is 0 Å². The molecule has 0 radical (unpaired) electrons. The normalized spacial score (nSPS) is 13.8. The number of hydrogen-bond acceptors (Lipinski definition) is 4. The lowest BCUT2D eigenvalue weighted by Crippen LogP contribution is -2.94. The fourth-order valence-corrected chi connectivity index (χ4v) is 3.22. The maximum Gasteiger partial charge on any atom is 0.408 e. The first-order chi connectivity index (χ1) is 14.0. The van der Waals surface area contributed by atoms with Crippen LogP contribution in [0.5, 0.6) is 0 Å². The van der Waals surface area contributed by atoms with Crippen LogP contribution in [0.3, 0.4) is 0 Å². The molecule has 0 fully saturated rings. The Kier molecular flexibility index (Phi) is 10.9. The summed E-state index contributed by atoms with van der Waals surface area (Å²) in [6.45, 7) is 14.8. The van der Waals surface area contributed by atoms with E-state index in [1.807, 2.05) is 56.4 Å². The number of amides is 1. The van der Waals surface area contributed by atoms with Crippen LogP contribution in [0.1, 0.15) is 66.9 Å². The molecular formula is C24H41N2O4+. The lowest BCUT2D eigenvalue weighted by molar-refractivity contribution is -0.681. The van der Waals surface area contributed by atoms with Crippen molar-refractivity contribution in [3.8, 4) is 0 Å². The van der Waals surface area contributed by atoms with Crippen LogP contribution in [-0.2, 0) is 20.9 Å². The molecule has 1 amide bonds. The molecule has 3 N–H and O–H groups in total. The lowest BCUT2D eigenvalue weighted by Gasteiger charge is -2.25. The summed E-state index contributed by atoms with van der Waals surface area (Å²) in [5, 5.41) is 4.96. The van der Waals surface area contributed by atoms with Crippen molar-refractivity contribution in [2.45, 2.75) is 85.6 Å². The number of rotatable bonds is 11. The molecule has 0 aliphatic heterocycles. The Balaban J connectivity index is 2.69. The topological polar surface area (TPSA) is 81.2 Å². The number of nitrogens with one attached hydrogen (secondary N) is 1. The van der Waals surface area contributed by atoms with Crippen molar-refractivity contribution in [3.05, 3.63) is 35.9 Å². The third-order valence-electron chi connectivity index (χ3n) is 4.43. The van der Waals surface area contributed by atoms with E-state index in [9.17, 15) is 9.59 Å². The highest BCUT2D eigenvalue weighted by Gasteiger charge is 2.28. The fourth-order valence-electron chi connectivity index (χ4n) is 3.22. The van der Waals surface area contributed by atoms with Crippen molar-refractivity contribution in [1.29, 1.82) is 0 Å². The second-order valence-corrected chi connectivity index (χ2v) is 9.77. The molecule has 0 aliphatic carbocycles. The summed E-state index contributed by atoms with van der Waals surface area (Å²) in [5.74, 6) is 0.554. The van der Waals surface area contributed by atoms with Gasteiger partial charge in [0.25, 0.3) is 0 Å². The van der Waals surface area contributed by atoms with Gasteiger partial charge in [0.05, 0.1) is 12.6 Å². The Morgan fingerprint density at radius 3 is 2.13 bits per heavy atom. The van der Waals surface area contributed by atoms with Gasteiger partial charge in [-0.1, -0.05) is 58.0 Å². The minimum Gasteiger partial charge on any atom is -0.456 e. The quantitative estimate of drug-likeness (QED) is 0.535. The third-order valence-corrected chi connectivity index (χ3v) is 4.43. The number of esters is 1. The first-order valence-corrected chi connectivity index (χ1v) is 11.0. The molecule has 0 spiro atoms. The summed E-state index contributed by atoms with van der Waals surface area (Å²) in [7, 11) is 0. The average molecular weight is 422 g/mol. The smallest absolute Gasteiger partial charge is 0.408 e. The molecule has 2 atom stereocenters. The van der Waals surface area contributed by atoms with E-state index in [0.29, 0.717) is 24.8 Å². The van der Waals surface area contributed by atoms with Gasteiger partial charge in [0, 0.05) is 6.42 Å². The minimum atomic E-state index is -0.544. The van der Waals surface area contributed by atoms with Crippen molar-refractivity contribution in [3.63, 3.8) is 0 Å². The average Bonchev–Trinajstić information content (AvgIpc) is 2.61. The Hall–Kier alpha value is -2.08. The van der Waals surface area contributed by atoms with Gasteiger partial charge >= 0.3 is 12.1 Å². The molecule has 0 unspecified atom stereocenters. The molecule has 6 heteroatoms. The maximum atomic E-state index is 12.7. The van der Waals surface area contributed by atoms with Gasteiger partial charge in [-0.3, -0.25) is 0 Å². The molecule has 0 aromatic heterocycles. The summed E-state index contributed by atoms with van der Waals surface area (Å²) in [6, 6.07) is 9.29. The van der Waals surface area contributed by atoms with Crippen LogP contribution in [0.2, 0.25) is 0 Å². The van der Waals surface area contributed by atoms with E-state index in [2.05, 4.69) is 33.0 Å². The van der Waals surface area contributed by atoms with Crippen LogP contribution in [0.15, 0.2) is 30.3 Å². The highest BCUT2D eigenvalue weighted by Crippen LogP contribution is 2.10. The number of ether oxygens (including phenoxy) is 2. The number of alkyl carbamates (subject to hydrolysis) is 1. The fraction of sp³-hybridized carbons (Fsp3) is 0.667. The van der Waals surface area contributed by atoms with Gasteiger partial charge in [-0.15, -0.1) is 0 Å². The van der Waals surface area contributed by atoms with E-state index < -0.39 is 11.7 Å². The maximum absolute atomic E-state index is 12.7. The van der Waals surface area contributed by atoms with Crippen LogP contribution in [0.4, 0.5) is 4.79 Å². The van der Waals surface area contributed by atoms with Gasteiger partial charge in [0.15, 0.2) is 6.04 Å². The molecule has 30 heavy (non-hydrogen) atoms. The molecular weight excluding hydrogens is 380 g/mol. The van der Waals surface area contributed by atoms with Gasteiger partial charge in [0.2, 0.25) is 0 Å². The van der Waals surface area contributed by atoms with Crippen molar-refractivity contribution < 1.29 is 24.4 Å². The Labute approximate surface area is 182 Å². The van der Waals surface area contributed by atoms with Crippen molar-refractivity contribution >= 4 is 12.1 Å². The molecule has 0 saturated carbocycles. The van der Waals surface area contributed by atoms with E-state index in [1.54, 1.807) is 0 Å². The van der Waals surface area contributed by atoms with Gasteiger partial charge in [-0.25, -0.2) is 9.59 Å². The standard InChI is InChI=1S/C24H40N2O4/c1-17(2)13-20(26-23(28)30-24(5,6)7)15-25-21(14-18(3)4)22(27)29-16-19-11-9-8-10-12-19/h8-12,17-18,20-21,25H,13-16H2,1-7H3,(H,26,28)/p+1/t20-,21-/m0/s1. The zero-order valence-electron chi connectivity index (χ0n) is 19.7. The van der Waals surface area contributed by atoms with Gasteiger partial charge in [-0.05, 0) is 44.6 Å². The largest absolute Gasteiger partial charge is 0.456 e. The van der Waals surface area contributed by atoms with E-state index >= 15 is 0 Å². The molecule has 0 aliphatic rings. The number of hydrogen-bond donors (Lipinski definition) is 2. The molecule has 1 rings (SSSR count). The van der Waals surface area contributed by atoms with Crippen LogP contribution in [-0.4, -0.2) is 36.3 Å². The lowest BCUT2D eigenvalue weighted by atomic mass is 10.0. The van der Waals surface area contributed by atoms with Crippen molar-refractivity contribution in [1.82, 2.24) is 5.32 Å². The van der Waals surface area contributed by atoms with Gasteiger partial charge in [0.1, 0.15) is 12.2 Å². The number of carbonyl (C=O) groups excluding carboxylic acids is 2. The summed E-state index contributed by atoms with van der Waals surface area (Å²) in [4.78, 5) is 25.0. The second-order valence-electron chi connectivity index (χ2n) is 9.77. The molecule has 0 heterocycles. The van der Waals surface area contributed by atoms with Crippen LogP contribution >= 0.6 is 0 Å². The summed E-state index contributed by atoms with van der Waals surface area (Å²) >= 11 is 0. The first-order valence-electron chi connectivity index (χ1n) is 11.0. The second kappa shape index (κ2) is 12.6. The van der Waals surface area contributed by atoms with E-state index in [1.165, 1.54) is 0 Å². The molecule has 170 valence electrons. The Morgan fingerprint density at radius 2 is 1.60 bits per heavy atom. The van der Waals surface area contributed by atoms with E-state index in [0.717, 1.165) is 12.0 Å². The molecule has 0 saturated heterocycles.